The monoisotopic (exact) mass is 415 g/mol. The van der Waals surface area contributed by atoms with Gasteiger partial charge < -0.3 is 29.4 Å². The average molecular weight is 416 g/mol. The van der Waals surface area contributed by atoms with E-state index in [0.717, 1.165) is 62.3 Å². The number of aromatic nitrogens is 1. The van der Waals surface area contributed by atoms with Crippen molar-refractivity contribution >= 4 is 11.8 Å². The smallest absolute Gasteiger partial charge is 0.191 e. The Balaban J connectivity index is 1.39. The average Bonchev–Trinajstić information content (AvgIpc) is 3.28. The van der Waals surface area contributed by atoms with E-state index in [2.05, 4.69) is 51.5 Å². The van der Waals surface area contributed by atoms with Crippen molar-refractivity contribution in [3.8, 4) is 0 Å². The number of nitrogens with zero attached hydrogens (tertiary/aromatic N) is 3. The highest BCUT2D eigenvalue weighted by molar-refractivity contribution is 5.79. The Morgan fingerprint density at radius 3 is 3.00 bits per heavy atom. The molecule has 1 aliphatic heterocycles. The molecule has 0 radical (unpaired) electrons. The van der Waals surface area contributed by atoms with Crippen LogP contribution in [0.2, 0.25) is 0 Å². The van der Waals surface area contributed by atoms with Gasteiger partial charge in [0, 0.05) is 39.0 Å². The summed E-state index contributed by atoms with van der Waals surface area (Å²) in [5, 5.41) is 6.62. The molecule has 1 saturated heterocycles. The highest BCUT2D eigenvalue weighted by Crippen LogP contribution is 2.15. The maximum atomic E-state index is 5.60. The zero-order valence-electron chi connectivity index (χ0n) is 18.0. The van der Waals surface area contributed by atoms with Gasteiger partial charge in [0.1, 0.15) is 18.2 Å². The lowest BCUT2D eigenvalue weighted by Crippen LogP contribution is -2.41. The minimum Gasteiger partial charge on any atom is -0.467 e. The molecule has 1 atom stereocenters. The largest absolute Gasteiger partial charge is 0.467 e. The Kier molecular flexibility index (Phi) is 8.99. The molecular formula is C22H33N5O3. The molecule has 2 N–H and O–H groups in total. The minimum atomic E-state index is 0.245. The van der Waals surface area contributed by atoms with Crippen LogP contribution in [0.25, 0.3) is 0 Å². The molecule has 1 aliphatic rings. The molecule has 2 aromatic heterocycles. The van der Waals surface area contributed by atoms with Gasteiger partial charge in [0.05, 0.1) is 25.5 Å². The summed E-state index contributed by atoms with van der Waals surface area (Å²) < 4.78 is 16.4. The molecule has 3 heterocycles. The van der Waals surface area contributed by atoms with Crippen LogP contribution < -0.4 is 15.5 Å². The lowest BCUT2D eigenvalue weighted by molar-refractivity contribution is 0.0529. The predicted molar refractivity (Wildman–Crippen MR) is 118 cm³/mol. The maximum Gasteiger partial charge on any atom is 0.191 e. The molecule has 164 valence electrons. The van der Waals surface area contributed by atoms with Crippen molar-refractivity contribution in [1.82, 2.24) is 15.6 Å². The van der Waals surface area contributed by atoms with E-state index in [4.69, 9.17) is 13.9 Å². The summed E-state index contributed by atoms with van der Waals surface area (Å²) >= 11 is 0. The van der Waals surface area contributed by atoms with Crippen molar-refractivity contribution in [3.63, 3.8) is 0 Å². The Morgan fingerprint density at radius 1 is 1.33 bits per heavy atom. The van der Waals surface area contributed by atoms with Gasteiger partial charge in [0.25, 0.3) is 0 Å². The van der Waals surface area contributed by atoms with Gasteiger partial charge in [0.15, 0.2) is 5.96 Å². The number of rotatable bonds is 10. The third-order valence-corrected chi connectivity index (χ3v) is 4.72. The predicted octanol–water partition coefficient (Wildman–Crippen LogP) is 2.56. The van der Waals surface area contributed by atoms with Crippen molar-refractivity contribution in [2.24, 2.45) is 4.99 Å². The van der Waals surface area contributed by atoms with Gasteiger partial charge in [-0.15, -0.1) is 0 Å². The number of furan rings is 1. The molecule has 0 aromatic carbocycles. The molecule has 3 rings (SSSR count). The second-order valence-electron chi connectivity index (χ2n) is 7.26. The summed E-state index contributed by atoms with van der Waals surface area (Å²) in [7, 11) is 0. The molecule has 2 aromatic rings. The Morgan fingerprint density at radius 2 is 2.27 bits per heavy atom. The molecule has 1 fully saturated rings. The van der Waals surface area contributed by atoms with Gasteiger partial charge in [0.2, 0.25) is 0 Å². The molecule has 0 spiro atoms. The van der Waals surface area contributed by atoms with Crippen LogP contribution in [0.4, 0.5) is 5.82 Å². The molecule has 0 saturated carbocycles. The second-order valence-corrected chi connectivity index (χ2v) is 7.26. The van der Waals surface area contributed by atoms with Crippen molar-refractivity contribution in [3.05, 3.63) is 48.0 Å². The first kappa shape index (κ1) is 22.1. The van der Waals surface area contributed by atoms with Crippen LogP contribution in [0.5, 0.6) is 0 Å². The van der Waals surface area contributed by atoms with E-state index in [1.54, 1.807) is 6.26 Å². The summed E-state index contributed by atoms with van der Waals surface area (Å²) in [6, 6.07) is 7.94. The number of hydrogen-bond acceptors (Lipinski definition) is 6. The maximum absolute atomic E-state index is 5.60. The topological polar surface area (TPSA) is 84.2 Å². The summed E-state index contributed by atoms with van der Waals surface area (Å²) in [5.41, 5.74) is 1.08. The minimum absolute atomic E-state index is 0.245. The van der Waals surface area contributed by atoms with Gasteiger partial charge in [-0.2, -0.15) is 0 Å². The number of morpholine rings is 1. The molecule has 0 aliphatic carbocycles. The number of ether oxygens (including phenoxy) is 2. The Labute approximate surface area is 178 Å². The van der Waals surface area contributed by atoms with Crippen LogP contribution in [0.3, 0.4) is 0 Å². The normalized spacial score (nSPS) is 17.2. The van der Waals surface area contributed by atoms with Crippen LogP contribution in [0.1, 0.15) is 31.6 Å². The van der Waals surface area contributed by atoms with Crippen LogP contribution in [-0.2, 0) is 22.6 Å². The van der Waals surface area contributed by atoms with Crippen LogP contribution in [0, 0.1) is 0 Å². The summed E-state index contributed by atoms with van der Waals surface area (Å²) in [4.78, 5) is 11.5. The van der Waals surface area contributed by atoms with Crippen LogP contribution in [-0.4, -0.2) is 56.4 Å². The van der Waals surface area contributed by atoms with E-state index in [-0.39, 0.29) is 6.10 Å². The van der Waals surface area contributed by atoms with E-state index in [1.807, 2.05) is 18.3 Å². The van der Waals surface area contributed by atoms with Crippen molar-refractivity contribution in [2.75, 3.05) is 44.3 Å². The van der Waals surface area contributed by atoms with Gasteiger partial charge in [-0.25, -0.2) is 9.98 Å². The zero-order valence-corrected chi connectivity index (χ0v) is 18.0. The van der Waals surface area contributed by atoms with E-state index < -0.39 is 0 Å². The number of anilines is 1. The zero-order chi connectivity index (χ0) is 21.0. The van der Waals surface area contributed by atoms with E-state index in [0.29, 0.717) is 19.8 Å². The first-order chi connectivity index (χ1) is 14.7. The first-order valence-corrected chi connectivity index (χ1v) is 10.7. The number of guanidine groups is 1. The molecule has 30 heavy (non-hydrogen) atoms. The van der Waals surface area contributed by atoms with E-state index in [9.17, 15) is 0 Å². The number of nitrogens with one attached hydrogen (secondary N) is 2. The third-order valence-electron chi connectivity index (χ3n) is 4.72. The standard InChI is InChI=1S/C22H33N5O3/c1-3-23-22(24-9-5-11-28-17-20-6-4-12-30-20)26-15-19-7-8-21(25-14-19)27-10-13-29-18(2)16-27/h4,6-8,12,14,18H,3,5,9-11,13,15-17H2,1-2H3,(H2,23,24,26). The molecule has 0 bridgehead atoms. The highest BCUT2D eigenvalue weighted by atomic mass is 16.5. The first-order valence-electron chi connectivity index (χ1n) is 10.7. The summed E-state index contributed by atoms with van der Waals surface area (Å²) in [5.74, 6) is 2.65. The van der Waals surface area contributed by atoms with E-state index in [1.165, 1.54) is 0 Å². The number of pyridine rings is 1. The second kappa shape index (κ2) is 12.2. The summed E-state index contributed by atoms with van der Waals surface area (Å²) in [6.45, 7) is 10.0. The van der Waals surface area contributed by atoms with E-state index >= 15 is 0 Å². The van der Waals surface area contributed by atoms with Crippen LogP contribution >= 0.6 is 0 Å². The van der Waals surface area contributed by atoms with Gasteiger partial charge in [-0.1, -0.05) is 6.07 Å². The molecule has 1 unspecified atom stereocenters. The fourth-order valence-corrected chi connectivity index (χ4v) is 3.18. The number of aliphatic imine (C=N–C) groups is 1. The lowest BCUT2D eigenvalue weighted by Gasteiger charge is -2.32. The molecule has 8 nitrogen and oxygen atoms in total. The highest BCUT2D eigenvalue weighted by Gasteiger charge is 2.17. The fourth-order valence-electron chi connectivity index (χ4n) is 3.18. The molecule has 0 amide bonds. The quantitative estimate of drug-likeness (QED) is 0.350. The van der Waals surface area contributed by atoms with Crippen molar-refractivity contribution in [1.29, 1.82) is 0 Å². The lowest BCUT2D eigenvalue weighted by atomic mass is 10.2. The van der Waals surface area contributed by atoms with Gasteiger partial charge >= 0.3 is 0 Å². The molecule has 8 heteroatoms. The van der Waals surface area contributed by atoms with Crippen LogP contribution in [0.15, 0.2) is 46.1 Å². The molecular weight excluding hydrogens is 382 g/mol. The fraction of sp³-hybridized carbons (Fsp3) is 0.545. The summed E-state index contributed by atoms with van der Waals surface area (Å²) in [6.07, 6.45) is 4.70. The Hall–Kier alpha value is -2.58. The van der Waals surface area contributed by atoms with Crippen molar-refractivity contribution < 1.29 is 13.9 Å². The van der Waals surface area contributed by atoms with Gasteiger partial charge in [-0.05, 0) is 44.0 Å². The number of hydrogen-bond donors (Lipinski definition) is 2. The van der Waals surface area contributed by atoms with Crippen molar-refractivity contribution in [2.45, 2.75) is 39.5 Å². The third kappa shape index (κ3) is 7.35. The SMILES string of the molecule is CCNC(=NCc1ccc(N2CCOC(C)C2)nc1)NCCCOCc1ccco1. The Bertz CT molecular complexity index is 749. The van der Waals surface area contributed by atoms with Gasteiger partial charge in [-0.3, -0.25) is 0 Å².